The minimum absolute atomic E-state index is 0.0127. The average Bonchev–Trinajstić information content (AvgIpc) is 3.57. The van der Waals surface area contributed by atoms with Gasteiger partial charge in [0.15, 0.2) is 0 Å². The number of nitrogens with one attached hydrogen (secondary N) is 1. The SMILES string of the molecule is COc1ccc(OC)c([C@H]2CCN(S(=O)(=O)c3ccc4c(c3)C(=C3CCCC3)C(=O)N4)C2)c1. The molecule has 2 aromatic rings. The second-order valence-corrected chi connectivity index (χ2v) is 10.7. The third-order valence-electron chi connectivity index (χ3n) is 6.96. The number of methoxy groups -OCH3 is 2. The summed E-state index contributed by atoms with van der Waals surface area (Å²) in [5.74, 6) is 1.34. The van der Waals surface area contributed by atoms with Crippen LogP contribution in [0.3, 0.4) is 0 Å². The van der Waals surface area contributed by atoms with E-state index in [1.165, 1.54) is 4.31 Å². The maximum absolute atomic E-state index is 13.5. The molecule has 0 bridgehead atoms. The van der Waals surface area contributed by atoms with E-state index in [2.05, 4.69) is 5.32 Å². The number of carbonyl (C=O) groups is 1. The molecule has 0 aromatic heterocycles. The van der Waals surface area contributed by atoms with Gasteiger partial charge in [-0.1, -0.05) is 5.57 Å². The largest absolute Gasteiger partial charge is 0.497 e. The van der Waals surface area contributed by atoms with Crippen molar-refractivity contribution in [2.75, 3.05) is 32.6 Å². The van der Waals surface area contributed by atoms with E-state index in [1.807, 2.05) is 18.2 Å². The Labute approximate surface area is 194 Å². The molecule has 1 aliphatic carbocycles. The number of amides is 1. The predicted molar refractivity (Wildman–Crippen MR) is 126 cm³/mol. The highest BCUT2D eigenvalue weighted by Gasteiger charge is 2.36. The zero-order valence-electron chi connectivity index (χ0n) is 18.9. The minimum atomic E-state index is -3.70. The predicted octanol–water partition coefficient (Wildman–Crippen LogP) is 4.16. The highest BCUT2D eigenvalue weighted by atomic mass is 32.2. The molecule has 1 N–H and O–H groups in total. The van der Waals surface area contributed by atoms with Crippen molar-refractivity contribution in [3.63, 3.8) is 0 Å². The van der Waals surface area contributed by atoms with Crippen LogP contribution in [0.4, 0.5) is 5.69 Å². The molecule has 2 heterocycles. The summed E-state index contributed by atoms with van der Waals surface area (Å²) in [7, 11) is -0.474. The number of allylic oxidation sites excluding steroid dienone is 1. The van der Waals surface area contributed by atoms with Gasteiger partial charge >= 0.3 is 0 Å². The lowest BCUT2D eigenvalue weighted by atomic mass is 9.97. The molecule has 8 heteroatoms. The standard InChI is InChI=1S/C25H28N2O5S/c1-31-18-7-10-23(32-2)20(13-18)17-11-12-27(15-17)33(29,30)19-8-9-22-21(14-19)24(25(28)26-22)16-5-3-4-6-16/h7-10,13-14,17H,3-6,11-12,15H2,1-2H3,(H,26,28)/t17-/m0/s1. The smallest absolute Gasteiger partial charge is 0.256 e. The minimum Gasteiger partial charge on any atom is -0.497 e. The molecular weight excluding hydrogens is 440 g/mol. The average molecular weight is 469 g/mol. The van der Waals surface area contributed by atoms with Gasteiger partial charge in [-0.25, -0.2) is 8.42 Å². The Kier molecular flexibility index (Phi) is 5.66. The fourth-order valence-corrected chi connectivity index (χ4v) is 6.74. The first-order valence-corrected chi connectivity index (χ1v) is 12.8. The Morgan fingerprint density at radius 1 is 1.03 bits per heavy atom. The number of fused-ring (bicyclic) bond motifs is 1. The molecule has 2 aromatic carbocycles. The summed E-state index contributed by atoms with van der Waals surface area (Å²) in [6.45, 7) is 0.795. The molecule has 1 atom stereocenters. The molecule has 2 fully saturated rings. The normalized spacial score (nSPS) is 20.8. The van der Waals surface area contributed by atoms with E-state index in [1.54, 1.807) is 32.4 Å². The topological polar surface area (TPSA) is 84.9 Å². The van der Waals surface area contributed by atoms with Crippen LogP contribution in [0.25, 0.3) is 5.57 Å². The van der Waals surface area contributed by atoms with Crippen LogP contribution in [0.1, 0.15) is 49.1 Å². The number of benzene rings is 2. The van der Waals surface area contributed by atoms with E-state index in [0.717, 1.165) is 48.3 Å². The van der Waals surface area contributed by atoms with Crippen LogP contribution in [0.2, 0.25) is 0 Å². The lowest BCUT2D eigenvalue weighted by molar-refractivity contribution is -0.110. The van der Waals surface area contributed by atoms with Gasteiger partial charge < -0.3 is 14.8 Å². The fourth-order valence-electron chi connectivity index (χ4n) is 5.22. The quantitative estimate of drug-likeness (QED) is 0.666. The van der Waals surface area contributed by atoms with Crippen LogP contribution in [0.15, 0.2) is 46.9 Å². The molecule has 7 nitrogen and oxygen atoms in total. The van der Waals surface area contributed by atoms with Gasteiger partial charge in [0, 0.05) is 41.4 Å². The summed E-state index contributed by atoms with van der Waals surface area (Å²) in [5.41, 5.74) is 4.15. The molecule has 1 amide bonds. The van der Waals surface area contributed by atoms with Gasteiger partial charge in [-0.15, -0.1) is 0 Å². The van der Waals surface area contributed by atoms with Crippen molar-refractivity contribution < 1.29 is 22.7 Å². The third-order valence-corrected chi connectivity index (χ3v) is 8.82. The molecule has 0 unspecified atom stereocenters. The number of hydrogen-bond acceptors (Lipinski definition) is 5. The summed E-state index contributed by atoms with van der Waals surface area (Å²) >= 11 is 0. The van der Waals surface area contributed by atoms with Gasteiger partial charge in [0.1, 0.15) is 11.5 Å². The Balaban J connectivity index is 1.44. The monoisotopic (exact) mass is 468 g/mol. The molecule has 1 saturated carbocycles. The molecule has 3 aliphatic rings. The van der Waals surface area contributed by atoms with E-state index in [-0.39, 0.29) is 16.7 Å². The number of rotatable bonds is 5. The summed E-state index contributed by atoms with van der Waals surface area (Å²) in [5, 5.41) is 2.89. The highest BCUT2D eigenvalue weighted by molar-refractivity contribution is 7.89. The molecule has 1 saturated heterocycles. The van der Waals surface area contributed by atoms with Gasteiger partial charge in [0.05, 0.1) is 19.1 Å². The fraction of sp³-hybridized carbons (Fsp3) is 0.400. The van der Waals surface area contributed by atoms with Crippen molar-refractivity contribution in [2.45, 2.75) is 42.9 Å². The van der Waals surface area contributed by atoms with Gasteiger partial charge in [-0.2, -0.15) is 4.31 Å². The number of sulfonamides is 1. The van der Waals surface area contributed by atoms with Crippen LogP contribution >= 0.6 is 0 Å². The van der Waals surface area contributed by atoms with Crippen molar-refractivity contribution in [3.8, 4) is 11.5 Å². The van der Waals surface area contributed by atoms with E-state index in [0.29, 0.717) is 36.3 Å². The first kappa shape index (κ1) is 22.0. The van der Waals surface area contributed by atoms with Crippen LogP contribution in [-0.2, 0) is 14.8 Å². The lowest BCUT2D eigenvalue weighted by Crippen LogP contribution is -2.28. The van der Waals surface area contributed by atoms with Gasteiger partial charge in [-0.3, -0.25) is 4.79 Å². The van der Waals surface area contributed by atoms with Crippen LogP contribution in [0, 0.1) is 0 Å². The van der Waals surface area contributed by atoms with E-state index < -0.39 is 10.0 Å². The Bertz CT molecular complexity index is 1240. The van der Waals surface area contributed by atoms with Crippen LogP contribution < -0.4 is 14.8 Å². The summed E-state index contributed by atoms with van der Waals surface area (Å²) in [4.78, 5) is 12.8. The summed E-state index contributed by atoms with van der Waals surface area (Å²) < 4.78 is 39.5. The third kappa shape index (κ3) is 3.81. The molecular formula is C25H28N2O5S. The van der Waals surface area contributed by atoms with Gasteiger partial charge in [0.25, 0.3) is 5.91 Å². The van der Waals surface area contributed by atoms with Crippen LogP contribution in [-0.4, -0.2) is 45.9 Å². The number of ether oxygens (including phenoxy) is 2. The van der Waals surface area contributed by atoms with E-state index in [9.17, 15) is 13.2 Å². The number of nitrogens with zero attached hydrogens (tertiary/aromatic N) is 1. The highest BCUT2D eigenvalue weighted by Crippen LogP contribution is 2.42. The second-order valence-electron chi connectivity index (χ2n) is 8.80. The van der Waals surface area contributed by atoms with Gasteiger partial charge in [0.2, 0.25) is 10.0 Å². The molecule has 5 rings (SSSR count). The lowest BCUT2D eigenvalue weighted by Gasteiger charge is -2.19. The van der Waals surface area contributed by atoms with Crippen molar-refractivity contribution in [3.05, 3.63) is 53.1 Å². The summed E-state index contributed by atoms with van der Waals surface area (Å²) in [6.07, 6.45) is 4.64. The van der Waals surface area contributed by atoms with E-state index >= 15 is 0 Å². The molecule has 0 spiro atoms. The van der Waals surface area contributed by atoms with Crippen LogP contribution in [0.5, 0.6) is 11.5 Å². The Morgan fingerprint density at radius 2 is 1.82 bits per heavy atom. The molecule has 33 heavy (non-hydrogen) atoms. The van der Waals surface area contributed by atoms with Gasteiger partial charge in [-0.05, 0) is 68.5 Å². The zero-order chi connectivity index (χ0) is 23.2. The molecule has 174 valence electrons. The van der Waals surface area contributed by atoms with Crippen molar-refractivity contribution >= 4 is 27.2 Å². The number of carbonyl (C=O) groups excluding carboxylic acids is 1. The number of anilines is 1. The van der Waals surface area contributed by atoms with Crippen molar-refractivity contribution in [1.82, 2.24) is 4.31 Å². The zero-order valence-corrected chi connectivity index (χ0v) is 19.7. The maximum Gasteiger partial charge on any atom is 0.256 e. The van der Waals surface area contributed by atoms with Crippen molar-refractivity contribution in [1.29, 1.82) is 0 Å². The Hall–Kier alpha value is -2.84. The maximum atomic E-state index is 13.5. The summed E-state index contributed by atoms with van der Waals surface area (Å²) in [6, 6.07) is 10.6. The Morgan fingerprint density at radius 3 is 2.55 bits per heavy atom. The molecule has 0 radical (unpaired) electrons. The molecule has 2 aliphatic heterocycles. The number of hydrogen-bond donors (Lipinski definition) is 1. The first-order chi connectivity index (χ1) is 15.9. The van der Waals surface area contributed by atoms with Crippen molar-refractivity contribution in [2.24, 2.45) is 0 Å². The first-order valence-electron chi connectivity index (χ1n) is 11.3. The second kappa shape index (κ2) is 8.50. The van der Waals surface area contributed by atoms with E-state index in [4.69, 9.17) is 9.47 Å².